The number of piperidine rings is 1. The summed E-state index contributed by atoms with van der Waals surface area (Å²) in [5, 5.41) is 0. The molecule has 0 saturated carbocycles. The number of hydrogen-bond acceptors (Lipinski definition) is 3. The zero-order valence-electron chi connectivity index (χ0n) is 9.30. The SMILES string of the molecule is N[C@@H]1CCCN(CCCOCC(F)(F)F)C1. The molecule has 1 heterocycles. The van der Waals surface area contributed by atoms with Gasteiger partial charge in [-0.15, -0.1) is 0 Å². The molecule has 1 aliphatic rings. The molecule has 96 valence electrons. The number of likely N-dealkylation sites (tertiary alicyclic amines) is 1. The van der Waals surface area contributed by atoms with Crippen LogP contribution in [0.2, 0.25) is 0 Å². The number of halogens is 3. The fourth-order valence-electron chi connectivity index (χ4n) is 1.87. The second-order valence-corrected chi connectivity index (χ2v) is 4.22. The zero-order chi connectivity index (χ0) is 12.0. The molecule has 2 N–H and O–H groups in total. The van der Waals surface area contributed by atoms with E-state index in [0.717, 1.165) is 32.5 Å². The summed E-state index contributed by atoms with van der Waals surface area (Å²) in [6.45, 7) is 1.62. The molecule has 0 unspecified atom stereocenters. The van der Waals surface area contributed by atoms with Crippen molar-refractivity contribution in [2.45, 2.75) is 31.5 Å². The first kappa shape index (κ1) is 13.7. The van der Waals surface area contributed by atoms with Crippen LogP contribution in [-0.2, 0) is 4.74 Å². The average molecular weight is 240 g/mol. The molecule has 0 aromatic heterocycles. The van der Waals surface area contributed by atoms with Crippen molar-refractivity contribution in [1.29, 1.82) is 0 Å². The highest BCUT2D eigenvalue weighted by molar-refractivity contribution is 4.74. The molecule has 0 spiro atoms. The van der Waals surface area contributed by atoms with Gasteiger partial charge < -0.3 is 15.4 Å². The van der Waals surface area contributed by atoms with Crippen molar-refractivity contribution in [3.8, 4) is 0 Å². The van der Waals surface area contributed by atoms with Crippen molar-refractivity contribution < 1.29 is 17.9 Å². The summed E-state index contributed by atoms with van der Waals surface area (Å²) in [5.41, 5.74) is 5.79. The van der Waals surface area contributed by atoms with Crippen LogP contribution in [0, 0.1) is 0 Å². The molecule has 1 aliphatic heterocycles. The first-order chi connectivity index (χ1) is 7.47. The van der Waals surface area contributed by atoms with E-state index in [-0.39, 0.29) is 12.6 Å². The Hall–Kier alpha value is -0.330. The third-order valence-electron chi connectivity index (χ3n) is 2.57. The Morgan fingerprint density at radius 1 is 1.38 bits per heavy atom. The monoisotopic (exact) mass is 240 g/mol. The van der Waals surface area contributed by atoms with Gasteiger partial charge in [-0.3, -0.25) is 0 Å². The van der Waals surface area contributed by atoms with Crippen LogP contribution in [0.3, 0.4) is 0 Å². The van der Waals surface area contributed by atoms with Gasteiger partial charge in [0.1, 0.15) is 6.61 Å². The second-order valence-electron chi connectivity index (χ2n) is 4.22. The van der Waals surface area contributed by atoms with Gasteiger partial charge in [0.25, 0.3) is 0 Å². The highest BCUT2D eigenvalue weighted by Crippen LogP contribution is 2.14. The van der Waals surface area contributed by atoms with Gasteiger partial charge in [-0.1, -0.05) is 0 Å². The Bertz CT molecular complexity index is 199. The van der Waals surface area contributed by atoms with Gasteiger partial charge in [-0.05, 0) is 25.8 Å². The maximum Gasteiger partial charge on any atom is 0.411 e. The molecule has 0 radical (unpaired) electrons. The van der Waals surface area contributed by atoms with Crippen LogP contribution < -0.4 is 5.73 Å². The van der Waals surface area contributed by atoms with E-state index in [0.29, 0.717) is 6.42 Å². The van der Waals surface area contributed by atoms with E-state index in [1.54, 1.807) is 0 Å². The molecule has 16 heavy (non-hydrogen) atoms. The van der Waals surface area contributed by atoms with Gasteiger partial charge in [0, 0.05) is 25.7 Å². The highest BCUT2D eigenvalue weighted by atomic mass is 19.4. The molecule has 0 aromatic carbocycles. The van der Waals surface area contributed by atoms with Crippen LogP contribution in [0.4, 0.5) is 13.2 Å². The van der Waals surface area contributed by atoms with Gasteiger partial charge in [0.05, 0.1) is 0 Å². The van der Waals surface area contributed by atoms with E-state index in [4.69, 9.17) is 5.73 Å². The number of nitrogens with zero attached hydrogens (tertiary/aromatic N) is 1. The van der Waals surface area contributed by atoms with Gasteiger partial charge in [0.15, 0.2) is 0 Å². The Balaban J connectivity index is 1.98. The minimum Gasteiger partial charge on any atom is -0.372 e. The molecule has 0 aromatic rings. The Morgan fingerprint density at radius 2 is 2.12 bits per heavy atom. The summed E-state index contributed by atoms with van der Waals surface area (Å²) in [6.07, 6.45) is -1.47. The zero-order valence-corrected chi connectivity index (χ0v) is 9.30. The van der Waals surface area contributed by atoms with Gasteiger partial charge in [0.2, 0.25) is 0 Å². The van der Waals surface area contributed by atoms with Crippen molar-refractivity contribution in [2.75, 3.05) is 32.8 Å². The highest BCUT2D eigenvalue weighted by Gasteiger charge is 2.27. The number of hydrogen-bond donors (Lipinski definition) is 1. The minimum absolute atomic E-state index is 0.158. The van der Waals surface area contributed by atoms with E-state index >= 15 is 0 Å². The predicted molar refractivity (Wildman–Crippen MR) is 55.1 cm³/mol. The summed E-state index contributed by atoms with van der Waals surface area (Å²) in [4.78, 5) is 2.19. The summed E-state index contributed by atoms with van der Waals surface area (Å²) in [5.74, 6) is 0. The number of rotatable bonds is 5. The van der Waals surface area contributed by atoms with Crippen LogP contribution >= 0.6 is 0 Å². The molecule has 1 fully saturated rings. The lowest BCUT2D eigenvalue weighted by atomic mass is 10.1. The predicted octanol–water partition coefficient (Wildman–Crippen LogP) is 1.38. The fraction of sp³-hybridized carbons (Fsp3) is 1.00. The molecule has 0 bridgehead atoms. The van der Waals surface area contributed by atoms with Crippen LogP contribution in [0.25, 0.3) is 0 Å². The van der Waals surface area contributed by atoms with E-state index in [1.807, 2.05) is 0 Å². The van der Waals surface area contributed by atoms with Crippen molar-refractivity contribution in [3.63, 3.8) is 0 Å². The molecule has 1 rings (SSSR count). The molecular formula is C10H19F3N2O. The minimum atomic E-state index is -4.21. The maximum atomic E-state index is 11.7. The van der Waals surface area contributed by atoms with E-state index in [9.17, 15) is 13.2 Å². The quantitative estimate of drug-likeness (QED) is 0.738. The number of nitrogens with two attached hydrogens (primary N) is 1. The smallest absolute Gasteiger partial charge is 0.372 e. The summed E-state index contributed by atoms with van der Waals surface area (Å²) in [7, 11) is 0. The van der Waals surface area contributed by atoms with Gasteiger partial charge >= 0.3 is 6.18 Å². The van der Waals surface area contributed by atoms with E-state index < -0.39 is 12.8 Å². The van der Waals surface area contributed by atoms with Gasteiger partial charge in [-0.2, -0.15) is 13.2 Å². The lowest BCUT2D eigenvalue weighted by molar-refractivity contribution is -0.174. The Kier molecular flexibility index (Phi) is 5.51. The maximum absolute atomic E-state index is 11.7. The lowest BCUT2D eigenvalue weighted by Gasteiger charge is -2.30. The van der Waals surface area contributed by atoms with Gasteiger partial charge in [-0.25, -0.2) is 0 Å². The first-order valence-corrected chi connectivity index (χ1v) is 5.60. The van der Waals surface area contributed by atoms with Crippen molar-refractivity contribution in [3.05, 3.63) is 0 Å². The second kappa shape index (κ2) is 6.42. The van der Waals surface area contributed by atoms with E-state index in [1.165, 1.54) is 0 Å². The molecule has 0 aliphatic carbocycles. The molecule has 1 atom stereocenters. The van der Waals surface area contributed by atoms with Crippen LogP contribution in [0.1, 0.15) is 19.3 Å². The summed E-state index contributed by atoms with van der Waals surface area (Å²) in [6, 6.07) is 0.213. The summed E-state index contributed by atoms with van der Waals surface area (Å²) >= 11 is 0. The third-order valence-corrected chi connectivity index (χ3v) is 2.57. The normalized spacial score (nSPS) is 23.6. The first-order valence-electron chi connectivity index (χ1n) is 5.60. The molecule has 0 amide bonds. The average Bonchev–Trinajstić information content (AvgIpc) is 2.15. The standard InChI is InChI=1S/C10H19F3N2O/c11-10(12,13)8-16-6-2-5-15-4-1-3-9(14)7-15/h9H,1-8,14H2/t9-/m1/s1. The number of ether oxygens (including phenoxy) is 1. The van der Waals surface area contributed by atoms with Crippen LogP contribution in [-0.4, -0.2) is 50.0 Å². The van der Waals surface area contributed by atoms with Crippen LogP contribution in [0.5, 0.6) is 0 Å². The van der Waals surface area contributed by atoms with Crippen molar-refractivity contribution in [2.24, 2.45) is 5.73 Å². The molecule has 1 saturated heterocycles. The van der Waals surface area contributed by atoms with Crippen molar-refractivity contribution >= 4 is 0 Å². The number of alkyl halides is 3. The topological polar surface area (TPSA) is 38.5 Å². The largest absolute Gasteiger partial charge is 0.411 e. The lowest BCUT2D eigenvalue weighted by Crippen LogP contribution is -2.43. The molecule has 3 nitrogen and oxygen atoms in total. The van der Waals surface area contributed by atoms with Crippen LogP contribution in [0.15, 0.2) is 0 Å². The Labute approximate surface area is 93.7 Å². The third kappa shape index (κ3) is 6.30. The molecule has 6 heteroatoms. The molecular weight excluding hydrogens is 221 g/mol. The van der Waals surface area contributed by atoms with Crippen molar-refractivity contribution in [1.82, 2.24) is 4.90 Å². The Morgan fingerprint density at radius 3 is 2.75 bits per heavy atom. The van der Waals surface area contributed by atoms with E-state index in [2.05, 4.69) is 9.64 Å². The summed E-state index contributed by atoms with van der Waals surface area (Å²) < 4.78 is 39.7. The fourth-order valence-corrected chi connectivity index (χ4v) is 1.87.